The van der Waals surface area contributed by atoms with Gasteiger partial charge in [-0.1, -0.05) is 36.4 Å². The third-order valence-corrected chi connectivity index (χ3v) is 4.19. The van der Waals surface area contributed by atoms with E-state index < -0.39 is 0 Å². The lowest BCUT2D eigenvalue weighted by Gasteiger charge is -2.15. The van der Waals surface area contributed by atoms with Crippen LogP contribution in [0.4, 0.5) is 0 Å². The van der Waals surface area contributed by atoms with E-state index >= 15 is 0 Å². The summed E-state index contributed by atoms with van der Waals surface area (Å²) in [6, 6.07) is 15.9. The molecular formula is C24H34O6. The molecule has 0 amide bonds. The van der Waals surface area contributed by atoms with E-state index in [1.165, 1.54) is 0 Å². The Hall–Kier alpha value is -2.12. The van der Waals surface area contributed by atoms with E-state index in [9.17, 15) is 0 Å². The van der Waals surface area contributed by atoms with E-state index in [2.05, 4.69) is 0 Å². The van der Waals surface area contributed by atoms with Gasteiger partial charge in [-0.05, 0) is 26.0 Å². The maximum absolute atomic E-state index is 5.97. The first-order valence-corrected chi connectivity index (χ1v) is 10.6. The largest absolute Gasteiger partial charge is 0.491 e. The van der Waals surface area contributed by atoms with E-state index in [1.807, 2.05) is 62.4 Å². The van der Waals surface area contributed by atoms with Crippen LogP contribution in [0.25, 0.3) is 11.1 Å². The molecule has 2 rings (SSSR count). The average molecular weight is 419 g/mol. The fourth-order valence-electron chi connectivity index (χ4n) is 2.78. The van der Waals surface area contributed by atoms with Crippen molar-refractivity contribution >= 4 is 0 Å². The SMILES string of the molecule is CCOCCOCCOc1ccccc1-c1ccccc1OCCOCCOCC. The van der Waals surface area contributed by atoms with E-state index in [1.54, 1.807) is 0 Å². The van der Waals surface area contributed by atoms with Gasteiger partial charge in [0.05, 0.1) is 39.6 Å². The molecule has 0 aromatic heterocycles. The second-order valence-electron chi connectivity index (χ2n) is 6.31. The zero-order chi connectivity index (χ0) is 21.3. The van der Waals surface area contributed by atoms with Gasteiger partial charge in [-0.15, -0.1) is 0 Å². The molecule has 0 saturated carbocycles. The fourth-order valence-corrected chi connectivity index (χ4v) is 2.78. The van der Waals surface area contributed by atoms with Gasteiger partial charge in [-0.2, -0.15) is 0 Å². The Morgan fingerprint density at radius 1 is 0.467 bits per heavy atom. The molecule has 0 radical (unpaired) electrons. The van der Waals surface area contributed by atoms with Gasteiger partial charge < -0.3 is 28.4 Å². The Morgan fingerprint density at radius 2 is 0.833 bits per heavy atom. The summed E-state index contributed by atoms with van der Waals surface area (Å²) in [4.78, 5) is 0. The lowest BCUT2D eigenvalue weighted by Crippen LogP contribution is -2.11. The first-order chi connectivity index (χ1) is 14.9. The molecular weight excluding hydrogens is 384 g/mol. The quantitative estimate of drug-likeness (QED) is 0.359. The highest BCUT2D eigenvalue weighted by atomic mass is 16.5. The first-order valence-electron chi connectivity index (χ1n) is 10.6. The smallest absolute Gasteiger partial charge is 0.127 e. The van der Waals surface area contributed by atoms with Crippen molar-refractivity contribution in [2.24, 2.45) is 0 Å². The van der Waals surface area contributed by atoms with E-state index in [0.717, 1.165) is 22.6 Å². The third-order valence-electron chi connectivity index (χ3n) is 4.19. The molecule has 0 spiro atoms. The Balaban J connectivity index is 1.87. The number of rotatable bonds is 17. The van der Waals surface area contributed by atoms with Crippen LogP contribution in [0.3, 0.4) is 0 Å². The molecule has 6 heteroatoms. The molecule has 0 aliphatic carbocycles. The van der Waals surface area contributed by atoms with Gasteiger partial charge in [0.2, 0.25) is 0 Å². The Bertz CT molecular complexity index is 631. The predicted octanol–water partition coefficient (Wildman–Crippen LogP) is 4.22. The summed E-state index contributed by atoms with van der Waals surface area (Å²) in [5.41, 5.74) is 1.97. The van der Waals surface area contributed by atoms with Crippen molar-refractivity contribution in [3.63, 3.8) is 0 Å². The molecule has 0 atom stereocenters. The molecule has 0 aliphatic rings. The monoisotopic (exact) mass is 418 g/mol. The minimum absolute atomic E-state index is 0.472. The van der Waals surface area contributed by atoms with Crippen LogP contribution in [-0.2, 0) is 18.9 Å². The second-order valence-corrected chi connectivity index (χ2v) is 6.31. The van der Waals surface area contributed by atoms with Crippen LogP contribution in [0.2, 0.25) is 0 Å². The van der Waals surface area contributed by atoms with Crippen molar-refractivity contribution in [2.75, 3.05) is 66.1 Å². The number of hydrogen-bond donors (Lipinski definition) is 0. The standard InChI is InChI=1S/C24H34O6/c1-3-25-13-15-27-17-19-29-23-11-7-5-9-21(23)22-10-6-8-12-24(22)30-20-18-28-16-14-26-4-2/h5-12H,3-4,13-20H2,1-2H3. The minimum Gasteiger partial charge on any atom is -0.491 e. The molecule has 2 aromatic rings. The average Bonchev–Trinajstić information content (AvgIpc) is 2.78. The van der Waals surface area contributed by atoms with Crippen LogP contribution in [0.5, 0.6) is 11.5 Å². The summed E-state index contributed by atoms with van der Waals surface area (Å²) in [6.07, 6.45) is 0. The van der Waals surface area contributed by atoms with Crippen molar-refractivity contribution in [3.05, 3.63) is 48.5 Å². The summed E-state index contributed by atoms with van der Waals surface area (Å²) >= 11 is 0. The maximum Gasteiger partial charge on any atom is 0.127 e. The summed E-state index contributed by atoms with van der Waals surface area (Å²) in [7, 11) is 0. The minimum atomic E-state index is 0.472. The molecule has 0 bridgehead atoms. The van der Waals surface area contributed by atoms with Crippen LogP contribution in [0.15, 0.2) is 48.5 Å². The topological polar surface area (TPSA) is 55.4 Å². The number of hydrogen-bond acceptors (Lipinski definition) is 6. The van der Waals surface area contributed by atoms with Crippen LogP contribution in [-0.4, -0.2) is 66.1 Å². The highest BCUT2D eigenvalue weighted by Crippen LogP contribution is 2.36. The van der Waals surface area contributed by atoms with Crippen LogP contribution < -0.4 is 9.47 Å². The van der Waals surface area contributed by atoms with Gasteiger partial charge in [0.15, 0.2) is 0 Å². The zero-order valence-electron chi connectivity index (χ0n) is 18.1. The summed E-state index contributed by atoms with van der Waals surface area (Å²) in [5, 5.41) is 0. The van der Waals surface area contributed by atoms with E-state index in [-0.39, 0.29) is 0 Å². The Morgan fingerprint density at radius 3 is 1.27 bits per heavy atom. The molecule has 30 heavy (non-hydrogen) atoms. The highest BCUT2D eigenvalue weighted by molar-refractivity contribution is 5.75. The number of ether oxygens (including phenoxy) is 6. The third kappa shape index (κ3) is 9.13. The predicted molar refractivity (Wildman–Crippen MR) is 117 cm³/mol. The lowest BCUT2D eigenvalue weighted by molar-refractivity contribution is 0.0403. The van der Waals surface area contributed by atoms with Gasteiger partial charge in [0.25, 0.3) is 0 Å². The van der Waals surface area contributed by atoms with Gasteiger partial charge in [0.1, 0.15) is 24.7 Å². The lowest BCUT2D eigenvalue weighted by atomic mass is 10.0. The second kappa shape index (κ2) is 15.7. The van der Waals surface area contributed by atoms with Crippen LogP contribution >= 0.6 is 0 Å². The van der Waals surface area contributed by atoms with Gasteiger partial charge in [-0.3, -0.25) is 0 Å². The van der Waals surface area contributed by atoms with Gasteiger partial charge in [0, 0.05) is 24.3 Å². The van der Waals surface area contributed by atoms with Gasteiger partial charge in [-0.25, -0.2) is 0 Å². The van der Waals surface area contributed by atoms with Crippen molar-refractivity contribution in [1.29, 1.82) is 0 Å². The van der Waals surface area contributed by atoms with Crippen LogP contribution in [0.1, 0.15) is 13.8 Å². The van der Waals surface area contributed by atoms with Gasteiger partial charge >= 0.3 is 0 Å². The number of benzene rings is 2. The molecule has 0 N–H and O–H groups in total. The maximum atomic E-state index is 5.97. The van der Waals surface area contributed by atoms with E-state index in [0.29, 0.717) is 66.1 Å². The molecule has 0 saturated heterocycles. The summed E-state index contributed by atoms with van der Waals surface area (Å²) < 4.78 is 33.5. The molecule has 0 fully saturated rings. The molecule has 2 aromatic carbocycles. The first kappa shape index (κ1) is 24.2. The Labute approximate surface area is 180 Å². The Kier molecular flexibility index (Phi) is 12.6. The van der Waals surface area contributed by atoms with Crippen molar-refractivity contribution in [2.45, 2.75) is 13.8 Å². The molecule has 0 heterocycles. The molecule has 166 valence electrons. The van der Waals surface area contributed by atoms with Crippen molar-refractivity contribution in [1.82, 2.24) is 0 Å². The normalized spacial score (nSPS) is 10.9. The van der Waals surface area contributed by atoms with Crippen molar-refractivity contribution in [3.8, 4) is 22.6 Å². The zero-order valence-corrected chi connectivity index (χ0v) is 18.1. The summed E-state index contributed by atoms with van der Waals surface area (Å²) in [6.45, 7) is 9.66. The van der Waals surface area contributed by atoms with Crippen molar-refractivity contribution < 1.29 is 28.4 Å². The van der Waals surface area contributed by atoms with Crippen LogP contribution in [0, 0.1) is 0 Å². The molecule has 0 aliphatic heterocycles. The van der Waals surface area contributed by atoms with E-state index in [4.69, 9.17) is 28.4 Å². The fraction of sp³-hybridized carbons (Fsp3) is 0.500. The molecule has 6 nitrogen and oxygen atoms in total. The molecule has 0 unspecified atom stereocenters. The number of para-hydroxylation sites is 2. The highest BCUT2D eigenvalue weighted by Gasteiger charge is 2.11. The summed E-state index contributed by atoms with van der Waals surface area (Å²) in [5.74, 6) is 1.60.